The van der Waals surface area contributed by atoms with Gasteiger partial charge in [-0.1, -0.05) is 23.5 Å². The number of ether oxygens (including phenoxy) is 1. The third kappa shape index (κ3) is 4.74. The van der Waals surface area contributed by atoms with Crippen LogP contribution in [0, 0.1) is 19.7 Å². The molecule has 142 valence electrons. The number of rotatable bonds is 7. The van der Waals surface area contributed by atoms with E-state index in [1.807, 2.05) is 18.9 Å². The molecule has 0 bridgehead atoms. The van der Waals surface area contributed by atoms with Crippen molar-refractivity contribution in [1.29, 1.82) is 0 Å². The number of aromatic nitrogens is 1. The molecule has 0 radical (unpaired) electrons. The lowest BCUT2D eigenvalue weighted by atomic mass is 10.1. The van der Waals surface area contributed by atoms with Crippen LogP contribution in [0.4, 0.5) is 9.52 Å². The van der Waals surface area contributed by atoms with Gasteiger partial charge in [0.05, 0.1) is 23.3 Å². The Hall–Kier alpha value is -2.67. The number of halogens is 1. The quantitative estimate of drug-likeness (QED) is 0.629. The van der Waals surface area contributed by atoms with E-state index in [1.165, 1.54) is 17.7 Å². The van der Waals surface area contributed by atoms with Crippen LogP contribution in [0.3, 0.4) is 0 Å². The Morgan fingerprint density at radius 3 is 2.59 bits per heavy atom. The zero-order chi connectivity index (χ0) is 19.4. The van der Waals surface area contributed by atoms with Crippen molar-refractivity contribution in [2.24, 2.45) is 0 Å². The predicted molar refractivity (Wildman–Crippen MR) is 107 cm³/mol. The third-order valence-electron chi connectivity index (χ3n) is 4.14. The Labute approximate surface area is 161 Å². The molecule has 7 heteroatoms. The number of fused-ring (bicyclic) bond motifs is 1. The second kappa shape index (κ2) is 8.35. The van der Waals surface area contributed by atoms with Gasteiger partial charge in [-0.2, -0.15) is 0 Å². The number of nitrogens with zero attached hydrogens (tertiary/aromatic N) is 2. The molecule has 0 saturated carbocycles. The zero-order valence-corrected chi connectivity index (χ0v) is 16.4. The molecule has 5 nitrogen and oxygen atoms in total. The van der Waals surface area contributed by atoms with Crippen molar-refractivity contribution in [2.75, 3.05) is 31.6 Å². The lowest BCUT2D eigenvalue weighted by Gasteiger charge is -2.15. The van der Waals surface area contributed by atoms with Gasteiger partial charge in [-0.05, 0) is 49.2 Å². The number of hydrogen-bond acceptors (Lipinski definition) is 5. The molecule has 1 aromatic heterocycles. The van der Waals surface area contributed by atoms with Crippen molar-refractivity contribution >= 4 is 32.6 Å². The summed E-state index contributed by atoms with van der Waals surface area (Å²) in [5, 5.41) is 3.64. The Kier molecular flexibility index (Phi) is 5.91. The summed E-state index contributed by atoms with van der Waals surface area (Å²) in [4.78, 5) is 18.7. The Bertz CT molecular complexity index is 901. The zero-order valence-electron chi connectivity index (χ0n) is 15.6. The van der Waals surface area contributed by atoms with E-state index in [4.69, 9.17) is 4.74 Å². The second-order valence-corrected chi connectivity index (χ2v) is 7.36. The fraction of sp³-hybridized carbons (Fsp3) is 0.300. The highest BCUT2D eigenvalue weighted by Gasteiger charge is 2.14. The number of benzene rings is 2. The van der Waals surface area contributed by atoms with Gasteiger partial charge in [0.15, 0.2) is 5.13 Å². The molecule has 1 heterocycles. The topological polar surface area (TPSA) is 54.5 Å². The molecular formula is C20H22FN3O2S. The van der Waals surface area contributed by atoms with Gasteiger partial charge in [0, 0.05) is 7.05 Å². The van der Waals surface area contributed by atoms with Crippen molar-refractivity contribution < 1.29 is 13.9 Å². The Morgan fingerprint density at radius 1 is 1.19 bits per heavy atom. The summed E-state index contributed by atoms with van der Waals surface area (Å²) in [6, 6.07) is 9.95. The van der Waals surface area contributed by atoms with E-state index < -0.39 is 0 Å². The summed E-state index contributed by atoms with van der Waals surface area (Å²) in [7, 11) is 1.86. The van der Waals surface area contributed by atoms with Gasteiger partial charge < -0.3 is 15.0 Å². The van der Waals surface area contributed by atoms with Gasteiger partial charge >= 0.3 is 0 Å². The first-order valence-electron chi connectivity index (χ1n) is 8.67. The van der Waals surface area contributed by atoms with Crippen LogP contribution in [0.5, 0.6) is 5.75 Å². The number of hydrogen-bond donors (Lipinski definition) is 1. The molecule has 0 fully saturated rings. The molecule has 2 aromatic carbocycles. The standard InChI is InChI=1S/C20H22FN3O2S/c1-13-4-5-14(2)19-18(13)23-20(27-19)24(3)12-17(25)22-10-11-26-16-8-6-15(21)7-9-16/h4-9H,10-12H2,1-3H3,(H,22,25). The number of carbonyl (C=O) groups is 1. The maximum Gasteiger partial charge on any atom is 0.239 e. The molecule has 0 aliphatic carbocycles. The van der Waals surface area contributed by atoms with Crippen LogP contribution in [0.2, 0.25) is 0 Å². The maximum absolute atomic E-state index is 12.8. The average Bonchev–Trinajstić information content (AvgIpc) is 3.10. The molecule has 1 amide bonds. The molecule has 3 aromatic rings. The maximum atomic E-state index is 12.8. The fourth-order valence-corrected chi connectivity index (χ4v) is 3.71. The molecule has 0 atom stereocenters. The Morgan fingerprint density at radius 2 is 1.89 bits per heavy atom. The highest BCUT2D eigenvalue weighted by Crippen LogP contribution is 2.32. The number of amides is 1. The van der Waals surface area contributed by atoms with Gasteiger partial charge in [0.1, 0.15) is 18.2 Å². The van der Waals surface area contributed by atoms with E-state index in [9.17, 15) is 9.18 Å². The van der Waals surface area contributed by atoms with Crippen LogP contribution in [-0.4, -0.2) is 37.6 Å². The van der Waals surface area contributed by atoms with Crippen LogP contribution in [0.15, 0.2) is 36.4 Å². The SMILES string of the molecule is Cc1ccc(C)c2sc(N(C)CC(=O)NCCOc3ccc(F)cc3)nc12. The summed E-state index contributed by atoms with van der Waals surface area (Å²) in [5.41, 5.74) is 3.32. The molecule has 1 N–H and O–H groups in total. The molecule has 0 aliphatic rings. The number of likely N-dealkylation sites (N-methyl/N-ethyl adjacent to an activating group) is 1. The number of nitrogens with one attached hydrogen (secondary N) is 1. The summed E-state index contributed by atoms with van der Waals surface area (Å²) in [6.07, 6.45) is 0. The van der Waals surface area contributed by atoms with Gasteiger partial charge in [-0.15, -0.1) is 0 Å². The minimum atomic E-state index is -0.307. The number of aryl methyl sites for hydroxylation is 2. The number of thiazole rings is 1. The van der Waals surface area contributed by atoms with E-state index >= 15 is 0 Å². The predicted octanol–water partition coefficient (Wildman–Crippen LogP) is 3.68. The first-order valence-corrected chi connectivity index (χ1v) is 9.48. The van der Waals surface area contributed by atoms with Gasteiger partial charge in [0.2, 0.25) is 5.91 Å². The van der Waals surface area contributed by atoms with E-state index in [-0.39, 0.29) is 18.3 Å². The molecule has 0 unspecified atom stereocenters. The normalized spacial score (nSPS) is 10.8. The summed E-state index contributed by atoms with van der Waals surface area (Å²) < 4.78 is 19.5. The van der Waals surface area contributed by atoms with Crippen LogP contribution in [0.1, 0.15) is 11.1 Å². The highest BCUT2D eigenvalue weighted by atomic mass is 32.1. The van der Waals surface area contributed by atoms with E-state index in [1.54, 1.807) is 23.5 Å². The van der Waals surface area contributed by atoms with E-state index in [0.717, 1.165) is 20.9 Å². The van der Waals surface area contributed by atoms with Crippen LogP contribution in [-0.2, 0) is 4.79 Å². The molecule has 27 heavy (non-hydrogen) atoms. The highest BCUT2D eigenvalue weighted by molar-refractivity contribution is 7.22. The van der Waals surface area contributed by atoms with Crippen molar-refractivity contribution in [3.05, 3.63) is 53.3 Å². The molecule has 0 spiro atoms. The van der Waals surface area contributed by atoms with Gasteiger partial charge in [-0.25, -0.2) is 9.37 Å². The van der Waals surface area contributed by atoms with Crippen LogP contribution < -0.4 is 15.0 Å². The lowest BCUT2D eigenvalue weighted by molar-refractivity contribution is -0.119. The Balaban J connectivity index is 1.49. The lowest BCUT2D eigenvalue weighted by Crippen LogP contribution is -2.37. The molecule has 0 aliphatic heterocycles. The molecule has 3 rings (SSSR count). The molecular weight excluding hydrogens is 365 g/mol. The minimum Gasteiger partial charge on any atom is -0.492 e. The first-order chi connectivity index (χ1) is 12.9. The summed E-state index contributed by atoms with van der Waals surface area (Å²) in [6.45, 7) is 5.02. The van der Waals surface area contributed by atoms with Crippen molar-refractivity contribution in [1.82, 2.24) is 10.3 Å². The van der Waals surface area contributed by atoms with E-state index in [2.05, 4.69) is 29.4 Å². The fourth-order valence-electron chi connectivity index (χ4n) is 2.64. The van der Waals surface area contributed by atoms with Crippen LogP contribution in [0.25, 0.3) is 10.2 Å². The number of carbonyl (C=O) groups excluding carboxylic acids is 1. The second-order valence-electron chi connectivity index (χ2n) is 6.38. The monoisotopic (exact) mass is 387 g/mol. The smallest absolute Gasteiger partial charge is 0.239 e. The van der Waals surface area contributed by atoms with Crippen molar-refractivity contribution in [2.45, 2.75) is 13.8 Å². The van der Waals surface area contributed by atoms with E-state index in [0.29, 0.717) is 18.9 Å². The van der Waals surface area contributed by atoms with Crippen molar-refractivity contribution in [3.63, 3.8) is 0 Å². The van der Waals surface area contributed by atoms with Gasteiger partial charge in [0.25, 0.3) is 0 Å². The summed E-state index contributed by atoms with van der Waals surface area (Å²) >= 11 is 1.59. The first kappa shape index (κ1) is 19.1. The minimum absolute atomic E-state index is 0.104. The average molecular weight is 387 g/mol. The molecule has 0 saturated heterocycles. The number of anilines is 1. The third-order valence-corrected chi connectivity index (χ3v) is 5.45. The van der Waals surface area contributed by atoms with Crippen molar-refractivity contribution in [3.8, 4) is 5.75 Å². The van der Waals surface area contributed by atoms with Crippen LogP contribution >= 0.6 is 11.3 Å². The largest absolute Gasteiger partial charge is 0.492 e. The van der Waals surface area contributed by atoms with Gasteiger partial charge in [-0.3, -0.25) is 4.79 Å². The summed E-state index contributed by atoms with van der Waals surface area (Å²) in [5.74, 6) is 0.162.